The second kappa shape index (κ2) is 4.67. The molecule has 1 heteroatoms. The topological polar surface area (TPSA) is 12.4 Å². The zero-order valence-corrected chi connectivity index (χ0v) is 7.52. The summed E-state index contributed by atoms with van der Waals surface area (Å²) in [4.78, 5) is 4.20. The summed E-state index contributed by atoms with van der Waals surface area (Å²) in [6.45, 7) is 13.3. The fourth-order valence-corrected chi connectivity index (χ4v) is 0.638. The third-order valence-corrected chi connectivity index (χ3v) is 1.07. The van der Waals surface area contributed by atoms with Crippen LogP contribution in [0.1, 0.15) is 20.8 Å². The monoisotopic (exact) mass is 149 g/mol. The van der Waals surface area contributed by atoms with Gasteiger partial charge in [-0.25, -0.2) is 0 Å². The van der Waals surface area contributed by atoms with Crippen LogP contribution in [-0.4, -0.2) is 5.71 Å². The first-order valence-corrected chi connectivity index (χ1v) is 3.60. The second-order valence-electron chi connectivity index (χ2n) is 2.51. The van der Waals surface area contributed by atoms with E-state index in [1.165, 1.54) is 0 Å². The fraction of sp³-hybridized carbons (Fsp3) is 0.300. The summed E-state index contributed by atoms with van der Waals surface area (Å²) in [5.41, 5.74) is 2.67. The Hall–Kier alpha value is -1.11. The highest BCUT2D eigenvalue weighted by molar-refractivity contribution is 6.07. The minimum Gasteiger partial charge on any atom is -0.254 e. The number of aliphatic imine (C=N–C) groups is 1. The zero-order chi connectivity index (χ0) is 8.85. The van der Waals surface area contributed by atoms with Gasteiger partial charge in [0.25, 0.3) is 0 Å². The zero-order valence-electron chi connectivity index (χ0n) is 7.52. The average Bonchev–Trinajstić information content (AvgIpc) is 1.86. The summed E-state index contributed by atoms with van der Waals surface area (Å²) in [5, 5.41) is 0. The molecule has 0 N–H and O–H groups in total. The third kappa shape index (κ3) is 4.31. The Balaban J connectivity index is 4.59. The van der Waals surface area contributed by atoms with Gasteiger partial charge in [0.05, 0.1) is 5.71 Å². The van der Waals surface area contributed by atoms with Gasteiger partial charge in [-0.05, 0) is 32.4 Å². The highest BCUT2D eigenvalue weighted by atomic mass is 14.7. The average molecular weight is 149 g/mol. The lowest BCUT2D eigenvalue weighted by Crippen LogP contribution is -1.93. The first kappa shape index (κ1) is 9.89. The molecular weight excluding hydrogens is 134 g/mol. The van der Waals surface area contributed by atoms with Gasteiger partial charge in [0.1, 0.15) is 0 Å². The molecule has 0 spiro atoms. The van der Waals surface area contributed by atoms with E-state index < -0.39 is 0 Å². The van der Waals surface area contributed by atoms with Crippen molar-refractivity contribution in [1.29, 1.82) is 0 Å². The van der Waals surface area contributed by atoms with Crippen LogP contribution in [0, 0.1) is 0 Å². The largest absolute Gasteiger partial charge is 0.254 e. The molecule has 0 unspecified atom stereocenters. The van der Waals surface area contributed by atoms with Gasteiger partial charge in [-0.2, -0.15) is 0 Å². The molecule has 0 amide bonds. The molecule has 0 aliphatic carbocycles. The molecule has 0 saturated heterocycles. The Morgan fingerprint density at radius 2 is 1.82 bits per heavy atom. The van der Waals surface area contributed by atoms with Gasteiger partial charge in [-0.1, -0.05) is 19.2 Å². The van der Waals surface area contributed by atoms with E-state index in [1.54, 1.807) is 0 Å². The van der Waals surface area contributed by atoms with Gasteiger partial charge < -0.3 is 0 Å². The van der Waals surface area contributed by atoms with Crippen LogP contribution < -0.4 is 0 Å². The van der Waals surface area contributed by atoms with Gasteiger partial charge in [0, 0.05) is 5.70 Å². The van der Waals surface area contributed by atoms with Crippen LogP contribution in [0.25, 0.3) is 0 Å². The van der Waals surface area contributed by atoms with Crippen molar-refractivity contribution in [2.24, 2.45) is 4.99 Å². The molecule has 60 valence electrons. The number of hydrogen-bond acceptors (Lipinski definition) is 1. The Morgan fingerprint density at radius 3 is 2.09 bits per heavy atom. The lowest BCUT2D eigenvalue weighted by Gasteiger charge is -1.98. The van der Waals surface area contributed by atoms with Crippen LogP contribution in [0.15, 0.2) is 41.6 Å². The number of rotatable bonds is 3. The van der Waals surface area contributed by atoms with E-state index in [1.807, 2.05) is 32.9 Å². The fourth-order valence-electron chi connectivity index (χ4n) is 0.638. The highest BCUT2D eigenvalue weighted by Crippen LogP contribution is 2.00. The Labute approximate surface area is 68.9 Å². The van der Waals surface area contributed by atoms with Gasteiger partial charge in [-0.3, -0.25) is 4.99 Å². The molecule has 0 aliphatic rings. The van der Waals surface area contributed by atoms with Crippen molar-refractivity contribution < 1.29 is 0 Å². The maximum Gasteiger partial charge on any atom is 0.0652 e. The minimum absolute atomic E-state index is 0.807. The summed E-state index contributed by atoms with van der Waals surface area (Å²) < 4.78 is 0. The maximum absolute atomic E-state index is 4.20. The van der Waals surface area contributed by atoms with Crippen LogP contribution in [0.5, 0.6) is 0 Å². The highest BCUT2D eigenvalue weighted by Gasteiger charge is 1.92. The molecule has 0 aromatic carbocycles. The Bertz CT molecular complexity index is 219. The first-order valence-electron chi connectivity index (χ1n) is 3.60. The van der Waals surface area contributed by atoms with E-state index in [4.69, 9.17) is 0 Å². The number of hydrogen-bond donors (Lipinski definition) is 0. The normalized spacial score (nSPS) is 12.1. The predicted molar refractivity (Wildman–Crippen MR) is 51.9 cm³/mol. The Morgan fingerprint density at radius 1 is 1.27 bits per heavy atom. The van der Waals surface area contributed by atoms with Crippen LogP contribution in [0.2, 0.25) is 0 Å². The van der Waals surface area contributed by atoms with Crippen LogP contribution in [0.3, 0.4) is 0 Å². The molecule has 0 heterocycles. The van der Waals surface area contributed by atoms with Crippen molar-refractivity contribution >= 4 is 5.71 Å². The molecule has 0 bridgehead atoms. The van der Waals surface area contributed by atoms with Gasteiger partial charge in [0.2, 0.25) is 0 Å². The van der Waals surface area contributed by atoms with E-state index in [9.17, 15) is 0 Å². The van der Waals surface area contributed by atoms with Gasteiger partial charge in [0.15, 0.2) is 0 Å². The molecule has 0 aromatic heterocycles. The smallest absolute Gasteiger partial charge is 0.0652 e. The van der Waals surface area contributed by atoms with Crippen molar-refractivity contribution in [2.75, 3.05) is 0 Å². The molecule has 0 aliphatic heterocycles. The van der Waals surface area contributed by atoms with E-state index in [2.05, 4.69) is 18.2 Å². The van der Waals surface area contributed by atoms with E-state index in [0.29, 0.717) is 0 Å². The number of allylic oxidation sites excluding steroid dienone is 4. The molecule has 0 rings (SSSR count). The molecule has 1 nitrogen and oxygen atoms in total. The van der Waals surface area contributed by atoms with Crippen molar-refractivity contribution in [3.05, 3.63) is 36.6 Å². The first-order chi connectivity index (χ1) is 5.07. The second-order valence-corrected chi connectivity index (χ2v) is 2.51. The summed E-state index contributed by atoms with van der Waals surface area (Å²) >= 11 is 0. The SMILES string of the molecule is C=C(C)/N=C(\C=C/C)C(=C)C. The summed E-state index contributed by atoms with van der Waals surface area (Å²) in [5.74, 6) is 0. The maximum atomic E-state index is 4.20. The van der Waals surface area contributed by atoms with Crippen molar-refractivity contribution in [2.45, 2.75) is 20.8 Å². The van der Waals surface area contributed by atoms with E-state index >= 15 is 0 Å². The molecule has 0 saturated carbocycles. The van der Waals surface area contributed by atoms with Crippen LogP contribution in [-0.2, 0) is 0 Å². The lowest BCUT2D eigenvalue weighted by molar-refractivity contribution is 1.32. The number of nitrogens with zero attached hydrogens (tertiary/aromatic N) is 1. The molecular formula is C10H15N. The van der Waals surface area contributed by atoms with E-state index in [0.717, 1.165) is 17.0 Å². The molecule has 0 radical (unpaired) electrons. The van der Waals surface area contributed by atoms with Gasteiger partial charge in [-0.15, -0.1) is 0 Å². The third-order valence-electron chi connectivity index (χ3n) is 1.07. The summed E-state index contributed by atoms with van der Waals surface area (Å²) in [7, 11) is 0. The quantitative estimate of drug-likeness (QED) is 0.547. The minimum atomic E-state index is 0.807. The standard InChI is InChI=1S/C10H15N/c1-6-7-10(8(2)3)11-9(4)5/h6-7H,2,4H2,1,3,5H3/b7-6-,11-10+. The van der Waals surface area contributed by atoms with Crippen molar-refractivity contribution in [1.82, 2.24) is 0 Å². The predicted octanol–water partition coefficient (Wildman–Crippen LogP) is 3.11. The summed E-state index contributed by atoms with van der Waals surface area (Å²) in [6, 6.07) is 0. The molecule has 0 aromatic rings. The van der Waals surface area contributed by atoms with E-state index in [-0.39, 0.29) is 0 Å². The van der Waals surface area contributed by atoms with Crippen LogP contribution in [0.4, 0.5) is 0 Å². The molecule has 0 fully saturated rings. The Kier molecular flexibility index (Phi) is 4.20. The van der Waals surface area contributed by atoms with Gasteiger partial charge >= 0.3 is 0 Å². The molecule has 0 atom stereocenters. The van der Waals surface area contributed by atoms with Crippen molar-refractivity contribution in [3.8, 4) is 0 Å². The molecule has 11 heavy (non-hydrogen) atoms. The lowest BCUT2D eigenvalue weighted by atomic mass is 10.2. The summed E-state index contributed by atoms with van der Waals surface area (Å²) in [6.07, 6.45) is 3.87. The van der Waals surface area contributed by atoms with Crippen molar-refractivity contribution in [3.63, 3.8) is 0 Å². The van der Waals surface area contributed by atoms with Crippen LogP contribution >= 0.6 is 0 Å².